The molecule has 0 aromatic rings. The summed E-state index contributed by atoms with van der Waals surface area (Å²) in [5.74, 6) is -1.44. The van der Waals surface area contributed by atoms with Gasteiger partial charge in [-0.1, -0.05) is 19.4 Å². The molecule has 0 spiro atoms. The number of carboxylic acid groups (broad SMARTS) is 1. The van der Waals surface area contributed by atoms with Gasteiger partial charge in [0, 0.05) is 6.08 Å². The van der Waals surface area contributed by atoms with Crippen LogP contribution in [0.15, 0.2) is 12.2 Å². The van der Waals surface area contributed by atoms with E-state index in [1.807, 2.05) is 6.92 Å². The molecule has 0 aliphatic rings. The summed E-state index contributed by atoms with van der Waals surface area (Å²) in [5, 5.41) is 8.23. The molecular weight excluding hydrogens is 172 g/mol. The van der Waals surface area contributed by atoms with E-state index in [-0.39, 0.29) is 13.0 Å². The second-order valence-electron chi connectivity index (χ2n) is 2.50. The van der Waals surface area contributed by atoms with Crippen molar-refractivity contribution in [2.45, 2.75) is 26.2 Å². The Hall–Kier alpha value is -1.32. The lowest BCUT2D eigenvalue weighted by atomic mass is 10.3. The van der Waals surface area contributed by atoms with Crippen LogP contribution in [0.25, 0.3) is 0 Å². The van der Waals surface area contributed by atoms with Crippen LogP contribution < -0.4 is 0 Å². The number of hydrogen-bond donors (Lipinski definition) is 1. The number of rotatable bonds is 6. The van der Waals surface area contributed by atoms with Gasteiger partial charge in [0.05, 0.1) is 6.42 Å². The van der Waals surface area contributed by atoms with Crippen LogP contribution in [0.2, 0.25) is 0 Å². The van der Waals surface area contributed by atoms with Crippen LogP contribution in [0.3, 0.4) is 0 Å². The molecule has 74 valence electrons. The van der Waals surface area contributed by atoms with Crippen molar-refractivity contribution in [3.05, 3.63) is 12.2 Å². The van der Waals surface area contributed by atoms with Crippen LogP contribution in [0.4, 0.5) is 0 Å². The van der Waals surface area contributed by atoms with E-state index in [1.54, 1.807) is 6.08 Å². The maximum Gasteiger partial charge on any atom is 0.330 e. The quantitative estimate of drug-likeness (QED) is 0.502. The largest absolute Gasteiger partial charge is 0.481 e. The van der Waals surface area contributed by atoms with Gasteiger partial charge in [-0.05, 0) is 6.42 Å². The first-order chi connectivity index (χ1) is 6.16. The molecule has 0 atom stereocenters. The highest BCUT2D eigenvalue weighted by Crippen LogP contribution is 1.91. The van der Waals surface area contributed by atoms with E-state index in [9.17, 15) is 9.59 Å². The fraction of sp³-hybridized carbons (Fsp3) is 0.556. The van der Waals surface area contributed by atoms with Gasteiger partial charge >= 0.3 is 11.9 Å². The minimum Gasteiger partial charge on any atom is -0.481 e. The van der Waals surface area contributed by atoms with E-state index >= 15 is 0 Å². The van der Waals surface area contributed by atoms with E-state index in [4.69, 9.17) is 5.11 Å². The molecule has 0 aromatic carbocycles. The molecule has 0 heterocycles. The molecule has 0 radical (unpaired) electrons. The van der Waals surface area contributed by atoms with Crippen LogP contribution in [-0.2, 0) is 14.3 Å². The second-order valence-corrected chi connectivity index (χ2v) is 2.50. The highest BCUT2D eigenvalue weighted by atomic mass is 16.5. The first kappa shape index (κ1) is 11.7. The summed E-state index contributed by atoms with van der Waals surface area (Å²) >= 11 is 0. The summed E-state index contributed by atoms with van der Waals surface area (Å²) < 4.78 is 4.59. The highest BCUT2D eigenvalue weighted by molar-refractivity contribution is 5.82. The normalized spacial score (nSPS) is 10.2. The molecule has 13 heavy (non-hydrogen) atoms. The van der Waals surface area contributed by atoms with E-state index in [0.717, 1.165) is 12.8 Å². The van der Waals surface area contributed by atoms with Crippen molar-refractivity contribution in [3.63, 3.8) is 0 Å². The molecular formula is C9H14O4. The van der Waals surface area contributed by atoms with Crippen LogP contribution in [-0.4, -0.2) is 23.7 Å². The average molecular weight is 186 g/mol. The predicted molar refractivity (Wildman–Crippen MR) is 47.3 cm³/mol. The molecule has 0 fully saturated rings. The molecule has 0 saturated heterocycles. The minimum atomic E-state index is -0.967. The molecule has 1 N–H and O–H groups in total. The molecule has 4 heteroatoms. The lowest BCUT2D eigenvalue weighted by Gasteiger charge is -1.97. The first-order valence-electron chi connectivity index (χ1n) is 4.22. The van der Waals surface area contributed by atoms with E-state index in [2.05, 4.69) is 4.74 Å². The third-order valence-corrected chi connectivity index (χ3v) is 1.27. The van der Waals surface area contributed by atoms with Crippen LogP contribution in [0, 0.1) is 0 Å². The Labute approximate surface area is 77.2 Å². The minimum absolute atomic E-state index is 0.0648. The number of unbranched alkanes of at least 4 members (excludes halogenated alkanes) is 1. The zero-order valence-corrected chi connectivity index (χ0v) is 7.66. The van der Waals surface area contributed by atoms with Gasteiger partial charge in [-0.15, -0.1) is 0 Å². The summed E-state index contributed by atoms with van der Waals surface area (Å²) in [7, 11) is 0. The van der Waals surface area contributed by atoms with Crippen molar-refractivity contribution in [1.29, 1.82) is 0 Å². The average Bonchev–Trinajstić information content (AvgIpc) is 2.04. The van der Waals surface area contributed by atoms with Crippen molar-refractivity contribution < 1.29 is 19.4 Å². The monoisotopic (exact) mass is 186 g/mol. The van der Waals surface area contributed by atoms with E-state index in [1.165, 1.54) is 6.08 Å². The Balaban J connectivity index is 3.45. The molecule has 4 nitrogen and oxygen atoms in total. The number of ether oxygens (including phenoxy) is 1. The van der Waals surface area contributed by atoms with Crippen LogP contribution in [0.1, 0.15) is 26.2 Å². The first-order valence-corrected chi connectivity index (χ1v) is 4.22. The maximum atomic E-state index is 10.8. The Bertz CT molecular complexity index is 196. The van der Waals surface area contributed by atoms with Gasteiger partial charge in [0.1, 0.15) is 6.61 Å². The number of carbonyl (C=O) groups excluding carboxylic acids is 1. The van der Waals surface area contributed by atoms with Gasteiger partial charge in [0.2, 0.25) is 0 Å². The fourth-order valence-corrected chi connectivity index (χ4v) is 0.633. The molecule has 0 saturated carbocycles. The van der Waals surface area contributed by atoms with Gasteiger partial charge in [-0.3, -0.25) is 4.79 Å². The number of carbonyl (C=O) groups is 2. The lowest BCUT2D eigenvalue weighted by molar-refractivity contribution is -0.142. The molecule has 0 rings (SSSR count). The number of hydrogen-bond acceptors (Lipinski definition) is 3. The topological polar surface area (TPSA) is 63.6 Å². The summed E-state index contributed by atoms with van der Waals surface area (Å²) in [4.78, 5) is 20.8. The Morgan fingerprint density at radius 1 is 1.46 bits per heavy atom. The molecule has 0 aliphatic heterocycles. The second kappa shape index (κ2) is 7.34. The van der Waals surface area contributed by atoms with Crippen molar-refractivity contribution >= 4 is 11.9 Å². The van der Waals surface area contributed by atoms with Gasteiger partial charge < -0.3 is 9.84 Å². The number of aliphatic carboxylic acids is 1. The summed E-state index contributed by atoms with van der Waals surface area (Å²) in [5.41, 5.74) is 0. The van der Waals surface area contributed by atoms with Gasteiger partial charge in [-0.25, -0.2) is 4.79 Å². The standard InChI is InChI=1S/C9H14O4/c1-2-3-4-5-9(12)13-7-6-8(10)11/h4-5H,2-3,6-7H2,1H3,(H,10,11). The fourth-order valence-electron chi connectivity index (χ4n) is 0.633. The van der Waals surface area contributed by atoms with Gasteiger partial charge in [0.15, 0.2) is 0 Å². The molecule has 0 amide bonds. The van der Waals surface area contributed by atoms with E-state index < -0.39 is 11.9 Å². The van der Waals surface area contributed by atoms with Crippen molar-refractivity contribution in [2.75, 3.05) is 6.61 Å². The summed E-state index contributed by atoms with van der Waals surface area (Å²) in [6.45, 7) is 1.94. The van der Waals surface area contributed by atoms with E-state index in [0.29, 0.717) is 0 Å². The number of carboxylic acids is 1. The summed E-state index contributed by atoms with van der Waals surface area (Å²) in [6.07, 6.45) is 4.69. The predicted octanol–water partition coefficient (Wildman–Crippen LogP) is 1.36. The third kappa shape index (κ3) is 8.59. The highest BCUT2D eigenvalue weighted by Gasteiger charge is 1.99. The van der Waals surface area contributed by atoms with Crippen molar-refractivity contribution in [3.8, 4) is 0 Å². The molecule has 0 unspecified atom stereocenters. The molecule has 0 aromatic heterocycles. The lowest BCUT2D eigenvalue weighted by Crippen LogP contribution is -2.06. The Morgan fingerprint density at radius 3 is 2.69 bits per heavy atom. The van der Waals surface area contributed by atoms with Crippen LogP contribution in [0.5, 0.6) is 0 Å². The zero-order chi connectivity index (χ0) is 10.1. The third-order valence-electron chi connectivity index (χ3n) is 1.27. The zero-order valence-electron chi connectivity index (χ0n) is 7.66. The Morgan fingerprint density at radius 2 is 2.15 bits per heavy atom. The summed E-state index contributed by atoms with van der Waals surface area (Å²) in [6, 6.07) is 0. The van der Waals surface area contributed by atoms with Crippen molar-refractivity contribution in [1.82, 2.24) is 0 Å². The smallest absolute Gasteiger partial charge is 0.330 e. The van der Waals surface area contributed by atoms with Crippen LogP contribution >= 0.6 is 0 Å². The maximum absolute atomic E-state index is 10.8. The molecule has 0 aliphatic carbocycles. The van der Waals surface area contributed by atoms with Gasteiger partial charge in [0.25, 0.3) is 0 Å². The van der Waals surface area contributed by atoms with Crippen molar-refractivity contribution in [2.24, 2.45) is 0 Å². The van der Waals surface area contributed by atoms with Gasteiger partial charge in [-0.2, -0.15) is 0 Å². The Kier molecular flexibility index (Phi) is 6.59. The number of allylic oxidation sites excluding steroid dienone is 1. The SMILES string of the molecule is CCCC=CC(=O)OCCC(=O)O. The molecule has 0 bridgehead atoms. The number of esters is 1.